The number of nitrogens with two attached hydrogens (primary N) is 1. The van der Waals surface area contributed by atoms with E-state index >= 15 is 0 Å². The summed E-state index contributed by atoms with van der Waals surface area (Å²) in [5.74, 6) is 1.28. The number of rotatable bonds is 2. The van der Waals surface area contributed by atoms with Crippen molar-refractivity contribution in [3.05, 3.63) is 53.1 Å². The number of nitrogens with zero attached hydrogens (tertiary/aromatic N) is 1. The van der Waals surface area contributed by atoms with Crippen molar-refractivity contribution in [1.29, 1.82) is 5.26 Å². The van der Waals surface area contributed by atoms with Gasteiger partial charge in [0.05, 0.1) is 17.3 Å². The number of aryl methyl sites for hydroxylation is 2. The zero-order valence-electron chi connectivity index (χ0n) is 10.4. The fraction of sp³-hybridized carbons (Fsp3) is 0.133. The van der Waals surface area contributed by atoms with Crippen LogP contribution in [0.2, 0.25) is 0 Å². The molecule has 0 atom stereocenters. The lowest BCUT2D eigenvalue weighted by molar-refractivity contribution is 0.480. The zero-order valence-corrected chi connectivity index (χ0v) is 10.4. The van der Waals surface area contributed by atoms with Gasteiger partial charge in [0, 0.05) is 0 Å². The SMILES string of the molecule is Cc1ccc(N)c(Oc2cc(C#N)ccc2C)c1. The van der Waals surface area contributed by atoms with Gasteiger partial charge in [0.25, 0.3) is 0 Å². The van der Waals surface area contributed by atoms with Gasteiger partial charge in [-0.05, 0) is 49.2 Å². The van der Waals surface area contributed by atoms with Gasteiger partial charge in [-0.25, -0.2) is 0 Å². The maximum absolute atomic E-state index is 8.89. The molecule has 0 saturated carbocycles. The molecule has 18 heavy (non-hydrogen) atoms. The lowest BCUT2D eigenvalue weighted by Crippen LogP contribution is -1.94. The van der Waals surface area contributed by atoms with Crippen molar-refractivity contribution in [3.63, 3.8) is 0 Å². The monoisotopic (exact) mass is 238 g/mol. The first-order valence-electron chi connectivity index (χ1n) is 5.65. The van der Waals surface area contributed by atoms with E-state index < -0.39 is 0 Å². The quantitative estimate of drug-likeness (QED) is 0.814. The minimum Gasteiger partial charge on any atom is -0.455 e. The van der Waals surface area contributed by atoms with Crippen LogP contribution in [0.3, 0.4) is 0 Å². The van der Waals surface area contributed by atoms with Gasteiger partial charge in [-0.15, -0.1) is 0 Å². The molecule has 3 nitrogen and oxygen atoms in total. The topological polar surface area (TPSA) is 59.0 Å². The Morgan fingerprint density at radius 3 is 2.56 bits per heavy atom. The van der Waals surface area contributed by atoms with Crippen LogP contribution in [0.25, 0.3) is 0 Å². The van der Waals surface area contributed by atoms with E-state index in [2.05, 4.69) is 6.07 Å². The van der Waals surface area contributed by atoms with Crippen LogP contribution in [0, 0.1) is 25.2 Å². The largest absolute Gasteiger partial charge is 0.455 e. The van der Waals surface area contributed by atoms with Crippen molar-refractivity contribution in [1.82, 2.24) is 0 Å². The molecule has 0 bridgehead atoms. The maximum atomic E-state index is 8.89. The van der Waals surface area contributed by atoms with Crippen molar-refractivity contribution in [3.8, 4) is 17.6 Å². The second-order valence-electron chi connectivity index (χ2n) is 4.24. The van der Waals surface area contributed by atoms with E-state index in [0.717, 1.165) is 11.1 Å². The van der Waals surface area contributed by atoms with Gasteiger partial charge in [-0.2, -0.15) is 5.26 Å². The van der Waals surface area contributed by atoms with Gasteiger partial charge in [0.2, 0.25) is 0 Å². The molecule has 0 amide bonds. The Kier molecular flexibility index (Phi) is 3.20. The molecule has 0 aliphatic carbocycles. The molecule has 0 fully saturated rings. The number of nitriles is 1. The Morgan fingerprint density at radius 2 is 1.83 bits per heavy atom. The maximum Gasteiger partial charge on any atom is 0.150 e. The number of anilines is 1. The summed E-state index contributed by atoms with van der Waals surface area (Å²) in [4.78, 5) is 0. The lowest BCUT2D eigenvalue weighted by Gasteiger charge is -2.11. The molecule has 2 rings (SSSR count). The normalized spacial score (nSPS) is 9.83. The predicted octanol–water partition coefficient (Wildman–Crippen LogP) is 3.55. The van der Waals surface area contributed by atoms with E-state index in [4.69, 9.17) is 15.7 Å². The van der Waals surface area contributed by atoms with Gasteiger partial charge in [0.1, 0.15) is 5.75 Å². The molecule has 0 aliphatic rings. The van der Waals surface area contributed by atoms with Crippen molar-refractivity contribution in [2.24, 2.45) is 0 Å². The fourth-order valence-corrected chi connectivity index (χ4v) is 1.63. The molecule has 0 aliphatic heterocycles. The first-order chi connectivity index (χ1) is 8.60. The number of ether oxygens (including phenoxy) is 1. The van der Waals surface area contributed by atoms with Crippen LogP contribution >= 0.6 is 0 Å². The fourth-order valence-electron chi connectivity index (χ4n) is 1.63. The zero-order chi connectivity index (χ0) is 13.1. The summed E-state index contributed by atoms with van der Waals surface area (Å²) in [6.07, 6.45) is 0. The summed E-state index contributed by atoms with van der Waals surface area (Å²) < 4.78 is 5.79. The minimum absolute atomic E-state index is 0.571. The third-order valence-electron chi connectivity index (χ3n) is 2.71. The van der Waals surface area contributed by atoms with Crippen molar-refractivity contribution >= 4 is 5.69 Å². The summed E-state index contributed by atoms with van der Waals surface area (Å²) in [5.41, 5.74) is 9.07. The number of benzene rings is 2. The predicted molar refractivity (Wildman–Crippen MR) is 71.6 cm³/mol. The first kappa shape index (κ1) is 12.0. The lowest BCUT2D eigenvalue weighted by atomic mass is 10.1. The van der Waals surface area contributed by atoms with Gasteiger partial charge in [0.15, 0.2) is 5.75 Å². The van der Waals surface area contributed by atoms with Crippen LogP contribution in [0.1, 0.15) is 16.7 Å². The van der Waals surface area contributed by atoms with E-state index in [-0.39, 0.29) is 0 Å². The van der Waals surface area contributed by atoms with Gasteiger partial charge in [-0.3, -0.25) is 0 Å². The number of hydrogen-bond acceptors (Lipinski definition) is 3. The Bertz CT molecular complexity index is 627. The van der Waals surface area contributed by atoms with Crippen LogP contribution in [0.5, 0.6) is 11.5 Å². The van der Waals surface area contributed by atoms with Crippen molar-refractivity contribution < 1.29 is 4.74 Å². The molecule has 3 heteroatoms. The number of hydrogen-bond donors (Lipinski definition) is 1. The average Bonchev–Trinajstić information content (AvgIpc) is 2.36. The minimum atomic E-state index is 0.571. The molecule has 0 unspecified atom stereocenters. The van der Waals surface area contributed by atoms with Crippen LogP contribution in [0.15, 0.2) is 36.4 Å². The molecule has 0 heterocycles. The summed E-state index contributed by atoms with van der Waals surface area (Å²) >= 11 is 0. The Hall–Kier alpha value is -2.47. The Labute approximate surface area is 106 Å². The molecule has 0 spiro atoms. The molecule has 90 valence electrons. The molecular weight excluding hydrogens is 224 g/mol. The van der Waals surface area contributed by atoms with E-state index in [1.54, 1.807) is 12.1 Å². The van der Waals surface area contributed by atoms with Gasteiger partial charge >= 0.3 is 0 Å². The van der Waals surface area contributed by atoms with Crippen LogP contribution in [-0.2, 0) is 0 Å². The molecule has 0 aromatic heterocycles. The summed E-state index contributed by atoms with van der Waals surface area (Å²) in [6.45, 7) is 3.91. The second kappa shape index (κ2) is 4.80. The first-order valence-corrected chi connectivity index (χ1v) is 5.65. The average molecular weight is 238 g/mol. The van der Waals surface area contributed by atoms with Crippen molar-refractivity contribution in [2.45, 2.75) is 13.8 Å². The van der Waals surface area contributed by atoms with Crippen LogP contribution in [-0.4, -0.2) is 0 Å². The smallest absolute Gasteiger partial charge is 0.150 e. The molecule has 2 aromatic carbocycles. The van der Waals surface area contributed by atoms with E-state index in [0.29, 0.717) is 22.7 Å². The summed E-state index contributed by atoms with van der Waals surface area (Å²) in [7, 11) is 0. The highest BCUT2D eigenvalue weighted by Gasteiger charge is 2.06. The highest BCUT2D eigenvalue weighted by atomic mass is 16.5. The van der Waals surface area contributed by atoms with Gasteiger partial charge in [-0.1, -0.05) is 12.1 Å². The Balaban J connectivity index is 2.39. The molecular formula is C15H14N2O. The summed E-state index contributed by atoms with van der Waals surface area (Å²) in [6, 6.07) is 13.1. The van der Waals surface area contributed by atoms with E-state index in [9.17, 15) is 0 Å². The van der Waals surface area contributed by atoms with Crippen molar-refractivity contribution in [2.75, 3.05) is 5.73 Å². The molecule has 2 aromatic rings. The molecule has 0 radical (unpaired) electrons. The van der Waals surface area contributed by atoms with E-state index in [1.807, 2.05) is 38.1 Å². The van der Waals surface area contributed by atoms with Crippen LogP contribution < -0.4 is 10.5 Å². The second-order valence-corrected chi connectivity index (χ2v) is 4.24. The standard InChI is InChI=1S/C15H14N2O/c1-10-3-6-13(17)15(7-10)18-14-8-12(9-16)5-4-11(14)2/h3-8H,17H2,1-2H3. The summed E-state index contributed by atoms with van der Waals surface area (Å²) in [5, 5.41) is 8.89. The Morgan fingerprint density at radius 1 is 1.06 bits per heavy atom. The highest BCUT2D eigenvalue weighted by Crippen LogP contribution is 2.30. The molecule has 2 N–H and O–H groups in total. The van der Waals surface area contributed by atoms with Gasteiger partial charge < -0.3 is 10.5 Å². The van der Waals surface area contributed by atoms with E-state index in [1.165, 1.54) is 0 Å². The molecule has 0 saturated heterocycles. The number of nitrogen functional groups attached to an aromatic ring is 1. The van der Waals surface area contributed by atoms with Crippen LogP contribution in [0.4, 0.5) is 5.69 Å². The third-order valence-corrected chi connectivity index (χ3v) is 2.71. The highest BCUT2D eigenvalue weighted by molar-refractivity contribution is 5.56. The third kappa shape index (κ3) is 2.44.